The van der Waals surface area contributed by atoms with Crippen molar-refractivity contribution in [2.45, 2.75) is 39.2 Å². The van der Waals surface area contributed by atoms with Crippen LogP contribution in [0.4, 0.5) is 5.13 Å². The zero-order valence-electron chi connectivity index (χ0n) is 23.6. The third kappa shape index (κ3) is 5.80. The number of amides is 1. The molecule has 1 unspecified atom stereocenters. The van der Waals surface area contributed by atoms with Crippen LogP contribution in [-0.4, -0.2) is 42.1 Å². The number of rotatable bonds is 11. The summed E-state index contributed by atoms with van der Waals surface area (Å²) < 4.78 is 18.0. The van der Waals surface area contributed by atoms with E-state index >= 15 is 0 Å². The van der Waals surface area contributed by atoms with Gasteiger partial charge in [-0.25, -0.2) is 4.98 Å². The summed E-state index contributed by atoms with van der Waals surface area (Å²) in [6, 6.07) is 16.3. The van der Waals surface area contributed by atoms with Crippen molar-refractivity contribution in [3.05, 3.63) is 82.4 Å². The van der Waals surface area contributed by atoms with E-state index in [2.05, 4.69) is 11.9 Å². The number of aliphatic hydroxyl groups excluding tert-OH is 1. The van der Waals surface area contributed by atoms with Gasteiger partial charge in [-0.15, -0.1) is 0 Å². The van der Waals surface area contributed by atoms with Crippen LogP contribution < -0.4 is 19.1 Å². The van der Waals surface area contributed by atoms with Gasteiger partial charge >= 0.3 is 5.91 Å². The monoisotopic (exact) mass is 606 g/mol. The number of methoxy groups -OCH3 is 1. The first kappa shape index (κ1) is 29.4. The van der Waals surface area contributed by atoms with Crippen LogP contribution in [0, 0.1) is 0 Å². The standard InChI is InChI=1S/C32H31ClN2O6S/c1-4-6-15-41-24-13-10-19(17-25(24)39-3)28-27(29(36)20-8-7-9-22(16-20)40-14-5-2)30(37)31(38)35(28)32-34-23-12-11-21(33)18-26(23)42-32/h7-13,16-18,28,36H,4-6,14-15H2,1-3H3/b29-27+. The number of nitrogens with zero attached hydrogens (tertiary/aromatic N) is 2. The summed E-state index contributed by atoms with van der Waals surface area (Å²) in [5.41, 5.74) is 1.48. The molecule has 4 aromatic rings. The number of fused-ring (bicyclic) bond motifs is 1. The fourth-order valence-corrected chi connectivity index (χ4v) is 6.01. The molecule has 0 bridgehead atoms. The summed E-state index contributed by atoms with van der Waals surface area (Å²) in [7, 11) is 1.53. The molecule has 1 amide bonds. The second kappa shape index (κ2) is 12.8. The highest BCUT2D eigenvalue weighted by molar-refractivity contribution is 7.22. The van der Waals surface area contributed by atoms with E-state index in [0.29, 0.717) is 57.3 Å². The number of hydrogen-bond acceptors (Lipinski definition) is 8. The van der Waals surface area contributed by atoms with Gasteiger partial charge in [-0.05, 0) is 60.9 Å². The molecule has 5 rings (SSSR count). The fraction of sp³-hybridized carbons (Fsp3) is 0.281. The number of benzene rings is 3. The van der Waals surface area contributed by atoms with E-state index in [1.807, 2.05) is 6.92 Å². The van der Waals surface area contributed by atoms with Crippen molar-refractivity contribution in [2.75, 3.05) is 25.2 Å². The predicted octanol–water partition coefficient (Wildman–Crippen LogP) is 7.55. The lowest BCUT2D eigenvalue weighted by atomic mass is 9.95. The Balaban J connectivity index is 1.67. The fourth-order valence-electron chi connectivity index (χ4n) is 4.74. The van der Waals surface area contributed by atoms with Crippen molar-refractivity contribution >= 4 is 55.7 Å². The van der Waals surface area contributed by atoms with Gasteiger partial charge in [0.25, 0.3) is 5.78 Å². The summed E-state index contributed by atoms with van der Waals surface area (Å²) >= 11 is 7.44. The van der Waals surface area contributed by atoms with Crippen LogP contribution in [0.15, 0.2) is 66.2 Å². The van der Waals surface area contributed by atoms with Gasteiger partial charge in [0.15, 0.2) is 16.6 Å². The molecule has 1 saturated heterocycles. The molecule has 1 aliphatic heterocycles. The Morgan fingerprint density at radius 3 is 2.60 bits per heavy atom. The molecule has 1 aliphatic rings. The maximum atomic E-state index is 13.7. The summed E-state index contributed by atoms with van der Waals surface area (Å²) in [6.45, 7) is 5.10. The lowest BCUT2D eigenvalue weighted by molar-refractivity contribution is -0.132. The highest BCUT2D eigenvalue weighted by atomic mass is 35.5. The average Bonchev–Trinajstić information content (AvgIpc) is 3.53. The predicted molar refractivity (Wildman–Crippen MR) is 165 cm³/mol. The number of Topliss-reactive ketones (excluding diaryl/α,β-unsaturated/α-hetero) is 1. The van der Waals surface area contributed by atoms with E-state index in [1.54, 1.807) is 60.7 Å². The van der Waals surface area contributed by atoms with E-state index < -0.39 is 17.7 Å². The summed E-state index contributed by atoms with van der Waals surface area (Å²) in [5.74, 6) is -0.397. The van der Waals surface area contributed by atoms with Gasteiger partial charge in [-0.2, -0.15) is 0 Å². The number of hydrogen-bond donors (Lipinski definition) is 1. The minimum absolute atomic E-state index is 0.0633. The number of unbranched alkanes of at least 4 members (excludes halogenated alkanes) is 1. The van der Waals surface area contributed by atoms with Crippen molar-refractivity contribution in [1.82, 2.24) is 4.98 Å². The van der Waals surface area contributed by atoms with Gasteiger partial charge in [-0.3, -0.25) is 14.5 Å². The Kier molecular flexibility index (Phi) is 8.99. The van der Waals surface area contributed by atoms with Gasteiger partial charge in [0.05, 0.1) is 42.2 Å². The van der Waals surface area contributed by atoms with Crippen LogP contribution in [0.1, 0.15) is 50.3 Å². The van der Waals surface area contributed by atoms with Crippen LogP contribution in [0.5, 0.6) is 17.2 Å². The van der Waals surface area contributed by atoms with E-state index in [1.165, 1.54) is 23.3 Å². The number of aromatic nitrogens is 1. The van der Waals surface area contributed by atoms with Crippen molar-refractivity contribution in [3.63, 3.8) is 0 Å². The average molecular weight is 607 g/mol. The van der Waals surface area contributed by atoms with E-state index in [9.17, 15) is 14.7 Å². The molecule has 218 valence electrons. The van der Waals surface area contributed by atoms with Crippen molar-refractivity contribution in [3.8, 4) is 17.2 Å². The van der Waals surface area contributed by atoms with Crippen molar-refractivity contribution < 1.29 is 28.9 Å². The van der Waals surface area contributed by atoms with E-state index in [4.69, 9.17) is 25.8 Å². The molecule has 1 fully saturated rings. The number of anilines is 1. The number of thiazole rings is 1. The van der Waals surface area contributed by atoms with E-state index in [-0.39, 0.29) is 11.3 Å². The SMILES string of the molecule is CCCCOc1ccc(C2/C(=C(\O)c3cccc(OCCC)c3)C(=O)C(=O)N2c2nc3ccc(Cl)cc3s2)cc1OC. The van der Waals surface area contributed by atoms with Gasteiger partial charge in [-0.1, -0.05) is 61.4 Å². The number of ether oxygens (including phenoxy) is 3. The minimum atomic E-state index is -0.986. The van der Waals surface area contributed by atoms with Gasteiger partial charge in [0, 0.05) is 10.6 Å². The second-order valence-corrected chi connectivity index (χ2v) is 11.2. The number of carbonyl (C=O) groups excluding carboxylic acids is 2. The van der Waals surface area contributed by atoms with Crippen molar-refractivity contribution in [2.24, 2.45) is 0 Å². The highest BCUT2D eigenvalue weighted by Crippen LogP contribution is 2.46. The molecule has 2 heterocycles. The Bertz CT molecular complexity index is 1670. The Labute approximate surface area is 253 Å². The normalized spacial score (nSPS) is 16.3. The Hall–Kier alpha value is -4.08. The molecule has 3 aromatic carbocycles. The Morgan fingerprint density at radius 2 is 1.83 bits per heavy atom. The van der Waals surface area contributed by atoms with Gasteiger partial charge < -0.3 is 19.3 Å². The lowest BCUT2D eigenvalue weighted by Gasteiger charge is -2.24. The molecule has 0 aliphatic carbocycles. The van der Waals surface area contributed by atoms with Crippen LogP contribution in [0.3, 0.4) is 0 Å². The molecular weight excluding hydrogens is 576 g/mol. The van der Waals surface area contributed by atoms with Crippen LogP contribution in [0.25, 0.3) is 16.0 Å². The molecule has 0 radical (unpaired) electrons. The molecular formula is C32H31ClN2O6S. The maximum absolute atomic E-state index is 13.7. The molecule has 1 atom stereocenters. The molecule has 42 heavy (non-hydrogen) atoms. The summed E-state index contributed by atoms with van der Waals surface area (Å²) in [4.78, 5) is 33.3. The molecule has 1 aromatic heterocycles. The molecule has 10 heteroatoms. The smallest absolute Gasteiger partial charge is 0.301 e. The third-order valence-corrected chi connectivity index (χ3v) is 8.08. The third-order valence-electron chi connectivity index (χ3n) is 6.83. The van der Waals surface area contributed by atoms with E-state index in [0.717, 1.165) is 24.0 Å². The molecule has 8 nitrogen and oxygen atoms in total. The van der Waals surface area contributed by atoms with Gasteiger partial charge in [0.2, 0.25) is 0 Å². The molecule has 1 N–H and O–H groups in total. The maximum Gasteiger partial charge on any atom is 0.301 e. The first-order chi connectivity index (χ1) is 20.4. The first-order valence-electron chi connectivity index (χ1n) is 13.8. The topological polar surface area (TPSA) is 98.2 Å². The summed E-state index contributed by atoms with van der Waals surface area (Å²) in [6.07, 6.45) is 2.68. The summed E-state index contributed by atoms with van der Waals surface area (Å²) in [5, 5.41) is 12.4. The lowest BCUT2D eigenvalue weighted by Crippen LogP contribution is -2.29. The zero-order chi connectivity index (χ0) is 29.8. The van der Waals surface area contributed by atoms with Gasteiger partial charge in [0.1, 0.15) is 11.5 Å². The molecule has 0 spiro atoms. The Morgan fingerprint density at radius 1 is 1.00 bits per heavy atom. The quantitative estimate of drug-likeness (QED) is 0.0814. The van der Waals surface area contributed by atoms with Crippen LogP contribution in [0.2, 0.25) is 5.02 Å². The number of carbonyl (C=O) groups is 2. The van der Waals surface area contributed by atoms with Crippen molar-refractivity contribution in [1.29, 1.82) is 0 Å². The van der Waals surface area contributed by atoms with Crippen LogP contribution in [-0.2, 0) is 9.59 Å². The number of ketones is 1. The second-order valence-electron chi connectivity index (χ2n) is 9.77. The van der Waals surface area contributed by atoms with Crippen LogP contribution >= 0.6 is 22.9 Å². The first-order valence-corrected chi connectivity index (χ1v) is 15.0. The zero-order valence-corrected chi connectivity index (χ0v) is 25.1. The minimum Gasteiger partial charge on any atom is -0.507 e. The number of aliphatic hydroxyl groups is 1. The molecule has 0 saturated carbocycles. The highest BCUT2D eigenvalue weighted by Gasteiger charge is 2.48. The largest absolute Gasteiger partial charge is 0.507 e. The number of halogens is 1.